The maximum atomic E-state index is 9.47. The summed E-state index contributed by atoms with van der Waals surface area (Å²) in [5.41, 5.74) is 2.25. The second-order valence-electron chi connectivity index (χ2n) is 3.66. The molecule has 0 radical (unpaired) electrons. The average Bonchev–Trinajstić information content (AvgIpc) is 2.27. The highest BCUT2D eigenvalue weighted by molar-refractivity contribution is 5.68. The van der Waals surface area contributed by atoms with Gasteiger partial charge in [-0.15, -0.1) is 0 Å². The fraction of sp³-hybridized carbons (Fsp3) is 0.364. The van der Waals surface area contributed by atoms with Crippen molar-refractivity contribution in [3.8, 4) is 0 Å². The van der Waals surface area contributed by atoms with Crippen molar-refractivity contribution in [2.45, 2.75) is 25.9 Å². The van der Waals surface area contributed by atoms with Crippen LogP contribution in [0.4, 0.5) is 0 Å². The van der Waals surface area contributed by atoms with E-state index in [9.17, 15) is 5.11 Å². The summed E-state index contributed by atoms with van der Waals surface area (Å²) in [6, 6.07) is 3.76. The molecule has 0 aliphatic carbocycles. The summed E-state index contributed by atoms with van der Waals surface area (Å²) in [5.74, 6) is 0.0106. The molecule has 0 spiro atoms. The predicted octanol–water partition coefficient (Wildman–Crippen LogP) is 1.51. The lowest BCUT2D eigenvalue weighted by Crippen LogP contribution is -2.12. The van der Waals surface area contributed by atoms with Crippen molar-refractivity contribution in [1.29, 1.82) is 0 Å². The van der Waals surface area contributed by atoms with E-state index in [4.69, 9.17) is 0 Å². The molecule has 2 heterocycles. The molecule has 78 valence electrons. The Balaban J connectivity index is 2.47. The van der Waals surface area contributed by atoms with Crippen LogP contribution < -0.4 is 0 Å². The maximum absolute atomic E-state index is 9.47. The third-order valence-corrected chi connectivity index (χ3v) is 2.54. The largest absolute Gasteiger partial charge is 0.393 e. The molecule has 2 atom stereocenters. The van der Waals surface area contributed by atoms with Gasteiger partial charge in [0.2, 0.25) is 0 Å². The minimum atomic E-state index is -0.411. The number of rotatable bonds is 2. The number of aromatic nitrogens is 3. The van der Waals surface area contributed by atoms with Crippen LogP contribution in [0.2, 0.25) is 0 Å². The Hall–Kier alpha value is -1.55. The molecule has 0 amide bonds. The standard InChI is InChI=1S/C11H13N3O/c1-7(8(2)15)9-3-4-10-11(14-9)13-6-5-12-10/h3-8,15H,1-2H3. The fourth-order valence-electron chi connectivity index (χ4n) is 1.37. The first-order chi connectivity index (χ1) is 7.18. The third-order valence-electron chi connectivity index (χ3n) is 2.54. The minimum absolute atomic E-state index is 0.0106. The van der Waals surface area contributed by atoms with Gasteiger partial charge in [-0.3, -0.25) is 4.98 Å². The Morgan fingerprint density at radius 2 is 1.87 bits per heavy atom. The van der Waals surface area contributed by atoms with E-state index in [2.05, 4.69) is 15.0 Å². The first-order valence-electron chi connectivity index (χ1n) is 4.94. The second kappa shape index (κ2) is 3.90. The first kappa shape index (κ1) is 9.98. The normalized spacial score (nSPS) is 15.1. The molecule has 0 aliphatic heterocycles. The Bertz CT molecular complexity index is 470. The van der Waals surface area contributed by atoms with Gasteiger partial charge < -0.3 is 5.11 Å². The molecular formula is C11H13N3O. The summed E-state index contributed by atoms with van der Waals surface area (Å²) in [6.07, 6.45) is 2.85. The number of fused-ring (bicyclic) bond motifs is 1. The SMILES string of the molecule is CC(O)C(C)c1ccc2nccnc2n1. The monoisotopic (exact) mass is 203 g/mol. The van der Waals surface area contributed by atoms with Crippen LogP contribution in [0.5, 0.6) is 0 Å². The average molecular weight is 203 g/mol. The van der Waals surface area contributed by atoms with Gasteiger partial charge in [0.05, 0.1) is 6.10 Å². The Labute approximate surface area is 88.0 Å². The predicted molar refractivity (Wildman–Crippen MR) is 57.4 cm³/mol. The van der Waals surface area contributed by atoms with Crippen LogP contribution in [0, 0.1) is 0 Å². The van der Waals surface area contributed by atoms with Crippen molar-refractivity contribution in [1.82, 2.24) is 15.0 Å². The number of hydrogen-bond donors (Lipinski definition) is 1. The topological polar surface area (TPSA) is 58.9 Å². The second-order valence-corrected chi connectivity index (χ2v) is 3.66. The number of nitrogens with zero attached hydrogens (tertiary/aromatic N) is 3. The summed E-state index contributed by atoms with van der Waals surface area (Å²) < 4.78 is 0. The lowest BCUT2D eigenvalue weighted by molar-refractivity contribution is 0.167. The van der Waals surface area contributed by atoms with Crippen LogP contribution in [0.3, 0.4) is 0 Å². The molecule has 0 bridgehead atoms. The molecule has 2 unspecified atom stereocenters. The van der Waals surface area contributed by atoms with Crippen LogP contribution in [0.25, 0.3) is 11.2 Å². The molecule has 2 aromatic rings. The van der Waals surface area contributed by atoms with Gasteiger partial charge in [-0.2, -0.15) is 0 Å². The van der Waals surface area contributed by atoms with Gasteiger partial charge in [-0.1, -0.05) is 6.92 Å². The quantitative estimate of drug-likeness (QED) is 0.803. The van der Waals surface area contributed by atoms with Crippen LogP contribution in [0.1, 0.15) is 25.5 Å². The van der Waals surface area contributed by atoms with Crippen molar-refractivity contribution >= 4 is 11.2 Å². The Kier molecular flexibility index (Phi) is 2.60. The molecule has 2 rings (SSSR count). The molecule has 0 saturated heterocycles. The molecule has 0 saturated carbocycles. The van der Waals surface area contributed by atoms with Crippen molar-refractivity contribution in [3.63, 3.8) is 0 Å². The van der Waals surface area contributed by atoms with Crippen molar-refractivity contribution in [3.05, 3.63) is 30.2 Å². The smallest absolute Gasteiger partial charge is 0.178 e. The molecule has 4 heteroatoms. The van der Waals surface area contributed by atoms with Gasteiger partial charge in [-0.25, -0.2) is 9.97 Å². The number of pyridine rings is 1. The molecule has 4 nitrogen and oxygen atoms in total. The van der Waals surface area contributed by atoms with Gasteiger partial charge >= 0.3 is 0 Å². The highest BCUT2D eigenvalue weighted by atomic mass is 16.3. The zero-order valence-electron chi connectivity index (χ0n) is 8.75. The Morgan fingerprint density at radius 3 is 2.60 bits per heavy atom. The van der Waals surface area contributed by atoms with Crippen molar-refractivity contribution in [2.75, 3.05) is 0 Å². The van der Waals surface area contributed by atoms with E-state index >= 15 is 0 Å². The molecule has 2 aromatic heterocycles. The highest BCUT2D eigenvalue weighted by Gasteiger charge is 2.13. The zero-order valence-corrected chi connectivity index (χ0v) is 8.75. The van der Waals surface area contributed by atoms with E-state index in [-0.39, 0.29) is 5.92 Å². The first-order valence-corrected chi connectivity index (χ1v) is 4.94. The van der Waals surface area contributed by atoms with Crippen LogP contribution >= 0.6 is 0 Å². The highest BCUT2D eigenvalue weighted by Crippen LogP contribution is 2.18. The maximum Gasteiger partial charge on any atom is 0.178 e. The van der Waals surface area contributed by atoms with E-state index in [1.165, 1.54) is 0 Å². The molecule has 15 heavy (non-hydrogen) atoms. The van der Waals surface area contributed by atoms with E-state index in [1.807, 2.05) is 19.1 Å². The summed E-state index contributed by atoms with van der Waals surface area (Å²) in [6.45, 7) is 3.70. The summed E-state index contributed by atoms with van der Waals surface area (Å²) in [5, 5.41) is 9.47. The van der Waals surface area contributed by atoms with Crippen LogP contribution in [-0.2, 0) is 0 Å². The molecule has 0 fully saturated rings. The lowest BCUT2D eigenvalue weighted by Gasteiger charge is -2.13. The zero-order chi connectivity index (χ0) is 10.8. The number of aliphatic hydroxyl groups is 1. The van der Waals surface area contributed by atoms with E-state index in [0.29, 0.717) is 5.65 Å². The number of hydrogen-bond acceptors (Lipinski definition) is 4. The van der Waals surface area contributed by atoms with E-state index in [0.717, 1.165) is 11.2 Å². The molecule has 1 N–H and O–H groups in total. The summed E-state index contributed by atoms with van der Waals surface area (Å²) in [4.78, 5) is 12.6. The van der Waals surface area contributed by atoms with Crippen molar-refractivity contribution < 1.29 is 5.11 Å². The van der Waals surface area contributed by atoms with Gasteiger partial charge in [0.25, 0.3) is 0 Å². The summed E-state index contributed by atoms with van der Waals surface area (Å²) >= 11 is 0. The molecular weight excluding hydrogens is 190 g/mol. The van der Waals surface area contributed by atoms with Crippen LogP contribution in [-0.4, -0.2) is 26.2 Å². The van der Waals surface area contributed by atoms with Crippen LogP contribution in [0.15, 0.2) is 24.5 Å². The van der Waals surface area contributed by atoms with E-state index < -0.39 is 6.10 Å². The van der Waals surface area contributed by atoms with E-state index in [1.54, 1.807) is 19.3 Å². The molecule has 0 aromatic carbocycles. The lowest BCUT2D eigenvalue weighted by atomic mass is 10.0. The van der Waals surface area contributed by atoms with Crippen molar-refractivity contribution in [2.24, 2.45) is 0 Å². The van der Waals surface area contributed by atoms with Gasteiger partial charge in [0, 0.05) is 24.0 Å². The third kappa shape index (κ3) is 1.94. The summed E-state index contributed by atoms with van der Waals surface area (Å²) in [7, 11) is 0. The minimum Gasteiger partial charge on any atom is -0.393 e. The fourth-order valence-corrected chi connectivity index (χ4v) is 1.37. The molecule has 0 aliphatic rings. The number of aliphatic hydroxyl groups excluding tert-OH is 1. The Morgan fingerprint density at radius 1 is 1.13 bits per heavy atom. The van der Waals surface area contributed by atoms with Gasteiger partial charge in [0.15, 0.2) is 5.65 Å². The van der Waals surface area contributed by atoms with Gasteiger partial charge in [0.1, 0.15) is 5.52 Å². The van der Waals surface area contributed by atoms with Gasteiger partial charge in [-0.05, 0) is 19.1 Å².